The predicted octanol–water partition coefficient (Wildman–Crippen LogP) is 0.476. The van der Waals surface area contributed by atoms with Gasteiger partial charge in [0.15, 0.2) is 0 Å². The Kier molecular flexibility index (Phi) is 2.12. The zero-order valence-corrected chi connectivity index (χ0v) is 6.88. The standard InChI is InChI=1S/C7H11NO2.ClH/c8-4-2-1-3-5(4)6(3)7(9)10;/h3-6H,1-2,8H2,(H,9,10);1H/t3-,4-,5-,6+;/m0./s1. The first-order valence-electron chi connectivity index (χ1n) is 3.70. The first-order chi connectivity index (χ1) is 4.72. The highest BCUT2D eigenvalue weighted by Gasteiger charge is 2.60. The lowest BCUT2D eigenvalue weighted by atomic mass is 10.1. The molecule has 0 aromatic heterocycles. The maximum atomic E-state index is 10.5. The molecule has 2 aliphatic carbocycles. The molecule has 0 aromatic carbocycles. The van der Waals surface area contributed by atoms with E-state index in [0.717, 1.165) is 12.8 Å². The van der Waals surface area contributed by atoms with Crippen molar-refractivity contribution in [2.45, 2.75) is 18.9 Å². The summed E-state index contributed by atoms with van der Waals surface area (Å²) in [7, 11) is 0. The van der Waals surface area contributed by atoms with Crippen molar-refractivity contribution in [2.24, 2.45) is 23.5 Å². The van der Waals surface area contributed by atoms with Gasteiger partial charge in [0.1, 0.15) is 0 Å². The molecule has 2 fully saturated rings. The van der Waals surface area contributed by atoms with E-state index >= 15 is 0 Å². The van der Waals surface area contributed by atoms with Crippen LogP contribution < -0.4 is 5.73 Å². The molecule has 3 nitrogen and oxygen atoms in total. The molecule has 0 heterocycles. The summed E-state index contributed by atoms with van der Waals surface area (Å²) in [6.07, 6.45) is 2.06. The van der Waals surface area contributed by atoms with Crippen LogP contribution in [0.3, 0.4) is 0 Å². The van der Waals surface area contributed by atoms with Crippen molar-refractivity contribution < 1.29 is 9.90 Å². The van der Waals surface area contributed by atoms with Gasteiger partial charge < -0.3 is 10.8 Å². The maximum absolute atomic E-state index is 10.5. The molecular weight excluding hydrogens is 166 g/mol. The second kappa shape index (κ2) is 2.64. The van der Waals surface area contributed by atoms with Gasteiger partial charge in [0.2, 0.25) is 0 Å². The maximum Gasteiger partial charge on any atom is 0.307 e. The van der Waals surface area contributed by atoms with Crippen LogP contribution in [-0.4, -0.2) is 17.1 Å². The fourth-order valence-electron chi connectivity index (χ4n) is 2.28. The number of aliphatic carboxylic acids is 1. The third kappa shape index (κ3) is 1.12. The van der Waals surface area contributed by atoms with Crippen molar-refractivity contribution >= 4 is 18.4 Å². The number of carboxylic acids is 1. The van der Waals surface area contributed by atoms with Crippen molar-refractivity contribution in [2.75, 3.05) is 0 Å². The summed E-state index contributed by atoms with van der Waals surface area (Å²) in [5, 5.41) is 8.62. The molecule has 0 saturated heterocycles. The van der Waals surface area contributed by atoms with Gasteiger partial charge in [-0.3, -0.25) is 4.79 Å². The van der Waals surface area contributed by atoms with Crippen LogP contribution in [0.2, 0.25) is 0 Å². The molecule has 0 aromatic rings. The van der Waals surface area contributed by atoms with Gasteiger partial charge in [-0.15, -0.1) is 12.4 Å². The fraction of sp³-hybridized carbons (Fsp3) is 0.857. The van der Waals surface area contributed by atoms with Gasteiger partial charge in [-0.25, -0.2) is 0 Å². The quantitative estimate of drug-likeness (QED) is 0.612. The number of carbonyl (C=O) groups is 1. The second-order valence-corrected chi connectivity index (χ2v) is 3.35. The Labute approximate surface area is 71.4 Å². The first kappa shape index (κ1) is 8.81. The van der Waals surface area contributed by atoms with Crippen molar-refractivity contribution in [1.29, 1.82) is 0 Å². The summed E-state index contributed by atoms with van der Waals surface area (Å²) >= 11 is 0. The van der Waals surface area contributed by atoms with Crippen LogP contribution in [0.25, 0.3) is 0 Å². The van der Waals surface area contributed by atoms with E-state index in [2.05, 4.69) is 0 Å². The number of carboxylic acid groups (broad SMARTS) is 1. The van der Waals surface area contributed by atoms with Gasteiger partial charge in [-0.05, 0) is 24.7 Å². The van der Waals surface area contributed by atoms with Gasteiger partial charge in [0.05, 0.1) is 5.92 Å². The van der Waals surface area contributed by atoms with Crippen LogP contribution in [0.15, 0.2) is 0 Å². The van der Waals surface area contributed by atoms with E-state index in [9.17, 15) is 4.79 Å². The van der Waals surface area contributed by atoms with Crippen LogP contribution >= 0.6 is 12.4 Å². The molecule has 0 radical (unpaired) electrons. The number of fused-ring (bicyclic) bond motifs is 1. The van der Waals surface area contributed by atoms with E-state index in [1.54, 1.807) is 0 Å². The monoisotopic (exact) mass is 177 g/mol. The first-order valence-corrected chi connectivity index (χ1v) is 3.70. The number of halogens is 1. The minimum atomic E-state index is -0.648. The van der Waals surface area contributed by atoms with Crippen molar-refractivity contribution in [3.05, 3.63) is 0 Å². The molecule has 0 amide bonds. The van der Waals surface area contributed by atoms with Gasteiger partial charge in [0.25, 0.3) is 0 Å². The highest BCUT2D eigenvalue weighted by Crippen LogP contribution is 2.56. The second-order valence-electron chi connectivity index (χ2n) is 3.35. The minimum absolute atomic E-state index is 0. The Balaban J connectivity index is 0.000000605. The average molecular weight is 178 g/mol. The molecule has 64 valence electrons. The summed E-state index contributed by atoms with van der Waals surface area (Å²) in [6.45, 7) is 0. The smallest absolute Gasteiger partial charge is 0.307 e. The Morgan fingerprint density at radius 3 is 2.36 bits per heavy atom. The topological polar surface area (TPSA) is 63.3 Å². The summed E-state index contributed by atoms with van der Waals surface area (Å²) in [4.78, 5) is 10.5. The molecule has 0 aliphatic heterocycles. The molecule has 2 rings (SSSR count). The normalized spacial score (nSPS) is 45.9. The zero-order chi connectivity index (χ0) is 7.30. The number of hydrogen-bond donors (Lipinski definition) is 2. The predicted molar refractivity (Wildman–Crippen MR) is 42.6 cm³/mol. The minimum Gasteiger partial charge on any atom is -0.481 e. The summed E-state index contributed by atoms with van der Waals surface area (Å²) in [5.41, 5.74) is 5.68. The van der Waals surface area contributed by atoms with Crippen LogP contribution in [0.5, 0.6) is 0 Å². The van der Waals surface area contributed by atoms with Gasteiger partial charge in [-0.1, -0.05) is 0 Å². The lowest BCUT2D eigenvalue weighted by Gasteiger charge is -2.03. The SMILES string of the molecule is Cl.N[C@H]1CC[C@@H]2[C@@H](C(=O)O)[C@@H]21. The molecule has 11 heavy (non-hydrogen) atoms. The molecular formula is C7H12ClNO2. The molecule has 0 spiro atoms. The van der Waals surface area contributed by atoms with E-state index in [1.165, 1.54) is 0 Å². The highest BCUT2D eigenvalue weighted by molar-refractivity contribution is 5.85. The number of nitrogens with two attached hydrogens (primary N) is 1. The van der Waals surface area contributed by atoms with E-state index in [-0.39, 0.29) is 24.4 Å². The van der Waals surface area contributed by atoms with Gasteiger partial charge >= 0.3 is 5.97 Å². The molecule has 3 N–H and O–H groups in total. The average Bonchev–Trinajstić information content (AvgIpc) is 2.48. The van der Waals surface area contributed by atoms with Crippen LogP contribution in [0.4, 0.5) is 0 Å². The molecule has 2 saturated carbocycles. The summed E-state index contributed by atoms with van der Waals surface area (Å²) in [6, 6.07) is 0.172. The molecule has 0 unspecified atom stereocenters. The van der Waals surface area contributed by atoms with E-state index in [1.807, 2.05) is 0 Å². The van der Waals surface area contributed by atoms with E-state index in [0.29, 0.717) is 11.8 Å². The van der Waals surface area contributed by atoms with E-state index < -0.39 is 5.97 Å². The van der Waals surface area contributed by atoms with Crippen molar-refractivity contribution in [3.63, 3.8) is 0 Å². The molecule has 4 heteroatoms. The third-order valence-corrected chi connectivity index (χ3v) is 2.84. The lowest BCUT2D eigenvalue weighted by molar-refractivity contribution is -0.139. The molecule has 2 aliphatic rings. The van der Waals surface area contributed by atoms with Gasteiger partial charge in [-0.2, -0.15) is 0 Å². The van der Waals surface area contributed by atoms with Crippen LogP contribution in [0, 0.1) is 17.8 Å². The summed E-state index contributed by atoms with van der Waals surface area (Å²) < 4.78 is 0. The van der Waals surface area contributed by atoms with Crippen molar-refractivity contribution in [1.82, 2.24) is 0 Å². The van der Waals surface area contributed by atoms with E-state index in [4.69, 9.17) is 10.8 Å². The van der Waals surface area contributed by atoms with Crippen molar-refractivity contribution in [3.8, 4) is 0 Å². The number of hydrogen-bond acceptors (Lipinski definition) is 2. The summed E-state index contributed by atoms with van der Waals surface area (Å²) in [5.74, 6) is -0.00102. The Morgan fingerprint density at radius 1 is 1.45 bits per heavy atom. The largest absolute Gasteiger partial charge is 0.481 e. The van der Waals surface area contributed by atoms with Crippen LogP contribution in [-0.2, 0) is 4.79 Å². The Bertz CT molecular complexity index is 185. The molecule has 4 atom stereocenters. The number of rotatable bonds is 1. The lowest BCUT2D eigenvalue weighted by Crippen LogP contribution is -2.22. The van der Waals surface area contributed by atoms with Crippen LogP contribution in [0.1, 0.15) is 12.8 Å². The zero-order valence-electron chi connectivity index (χ0n) is 6.06. The highest BCUT2D eigenvalue weighted by atomic mass is 35.5. The molecule has 0 bridgehead atoms. The third-order valence-electron chi connectivity index (χ3n) is 2.84. The van der Waals surface area contributed by atoms with Gasteiger partial charge in [0, 0.05) is 6.04 Å². The fourth-order valence-corrected chi connectivity index (χ4v) is 2.28. The Morgan fingerprint density at radius 2 is 2.09 bits per heavy atom. The Hall–Kier alpha value is -0.280.